The van der Waals surface area contributed by atoms with Crippen LogP contribution >= 0.6 is 0 Å². The molecule has 2 rings (SSSR count). The summed E-state index contributed by atoms with van der Waals surface area (Å²) >= 11 is 0. The van der Waals surface area contributed by atoms with Crippen molar-refractivity contribution in [3.63, 3.8) is 0 Å². The molecule has 112 valence electrons. The first-order chi connectivity index (χ1) is 9.47. The van der Waals surface area contributed by atoms with Crippen LogP contribution in [0.3, 0.4) is 0 Å². The Bertz CT molecular complexity index is 551. The topological polar surface area (TPSA) is 58.2 Å². The lowest BCUT2D eigenvalue weighted by molar-refractivity contribution is 0.248. The van der Waals surface area contributed by atoms with Gasteiger partial charge in [-0.1, -0.05) is 25.1 Å². The van der Waals surface area contributed by atoms with Gasteiger partial charge in [0.1, 0.15) is 0 Å². The van der Waals surface area contributed by atoms with Crippen LogP contribution in [0.2, 0.25) is 0 Å². The van der Waals surface area contributed by atoms with Gasteiger partial charge in [0.15, 0.2) is 0 Å². The summed E-state index contributed by atoms with van der Waals surface area (Å²) in [4.78, 5) is 0.400. The highest BCUT2D eigenvalue weighted by Gasteiger charge is 2.36. The van der Waals surface area contributed by atoms with Crippen molar-refractivity contribution in [3.8, 4) is 0 Å². The fourth-order valence-electron chi connectivity index (χ4n) is 2.50. The monoisotopic (exact) mass is 296 g/mol. The first kappa shape index (κ1) is 15.5. The van der Waals surface area contributed by atoms with Crippen LogP contribution in [0.15, 0.2) is 29.2 Å². The van der Waals surface area contributed by atoms with E-state index in [9.17, 15) is 8.42 Å². The van der Waals surface area contributed by atoms with Crippen molar-refractivity contribution in [2.75, 3.05) is 6.54 Å². The van der Waals surface area contributed by atoms with Crippen LogP contribution in [0.25, 0.3) is 0 Å². The normalized spacial score (nSPS) is 17.7. The quantitative estimate of drug-likeness (QED) is 0.760. The van der Waals surface area contributed by atoms with Gasteiger partial charge in [-0.05, 0) is 50.8 Å². The van der Waals surface area contributed by atoms with E-state index >= 15 is 0 Å². The van der Waals surface area contributed by atoms with Gasteiger partial charge in [0.2, 0.25) is 10.0 Å². The molecule has 1 aromatic rings. The minimum Gasteiger partial charge on any atom is -0.313 e. The van der Waals surface area contributed by atoms with Gasteiger partial charge in [0, 0.05) is 12.1 Å². The third kappa shape index (κ3) is 3.59. The Kier molecular flexibility index (Phi) is 4.83. The van der Waals surface area contributed by atoms with E-state index in [1.165, 1.54) is 0 Å². The molecular weight excluding hydrogens is 272 g/mol. The van der Waals surface area contributed by atoms with E-state index in [0.29, 0.717) is 11.4 Å². The number of sulfonamides is 1. The van der Waals surface area contributed by atoms with Gasteiger partial charge in [-0.2, -0.15) is 0 Å². The van der Waals surface area contributed by atoms with Crippen molar-refractivity contribution in [1.29, 1.82) is 0 Å². The van der Waals surface area contributed by atoms with Crippen molar-refractivity contribution in [1.82, 2.24) is 10.0 Å². The molecule has 0 saturated heterocycles. The van der Waals surface area contributed by atoms with Crippen LogP contribution < -0.4 is 10.0 Å². The highest BCUT2D eigenvalue weighted by atomic mass is 32.2. The molecular formula is C15H24N2O2S. The first-order valence-electron chi connectivity index (χ1n) is 7.29. The van der Waals surface area contributed by atoms with E-state index in [-0.39, 0.29) is 5.54 Å². The van der Waals surface area contributed by atoms with Gasteiger partial charge < -0.3 is 5.32 Å². The highest BCUT2D eigenvalue weighted by molar-refractivity contribution is 7.89. The van der Waals surface area contributed by atoms with Crippen LogP contribution in [0, 0.1) is 0 Å². The Hall–Kier alpha value is -0.910. The summed E-state index contributed by atoms with van der Waals surface area (Å²) in [6.45, 7) is 5.54. The maximum absolute atomic E-state index is 12.6. The van der Waals surface area contributed by atoms with Crippen molar-refractivity contribution in [2.24, 2.45) is 0 Å². The molecule has 1 aromatic carbocycles. The average molecular weight is 296 g/mol. The van der Waals surface area contributed by atoms with Gasteiger partial charge in [0.05, 0.1) is 4.90 Å². The van der Waals surface area contributed by atoms with Crippen molar-refractivity contribution in [3.05, 3.63) is 29.8 Å². The number of hydrogen-bond acceptors (Lipinski definition) is 3. The van der Waals surface area contributed by atoms with Crippen molar-refractivity contribution < 1.29 is 8.42 Å². The molecule has 1 saturated carbocycles. The summed E-state index contributed by atoms with van der Waals surface area (Å²) in [5.41, 5.74) is 0.569. The third-order valence-corrected chi connectivity index (χ3v) is 5.58. The predicted molar refractivity (Wildman–Crippen MR) is 81.0 cm³/mol. The van der Waals surface area contributed by atoms with E-state index in [0.717, 1.165) is 37.8 Å². The van der Waals surface area contributed by atoms with Gasteiger partial charge in [0.25, 0.3) is 0 Å². The van der Waals surface area contributed by atoms with Crippen molar-refractivity contribution in [2.45, 2.75) is 56.5 Å². The minimum atomic E-state index is -3.44. The molecule has 0 aromatic heterocycles. The van der Waals surface area contributed by atoms with Gasteiger partial charge in [-0.15, -0.1) is 0 Å². The molecule has 0 amide bonds. The van der Waals surface area contributed by atoms with E-state index in [4.69, 9.17) is 0 Å². The Morgan fingerprint density at radius 1 is 1.25 bits per heavy atom. The van der Waals surface area contributed by atoms with E-state index in [1.54, 1.807) is 12.1 Å². The average Bonchev–Trinajstić information content (AvgIpc) is 2.37. The number of hydrogen-bond donors (Lipinski definition) is 2. The fraction of sp³-hybridized carbons (Fsp3) is 0.600. The maximum Gasteiger partial charge on any atom is 0.241 e. The summed E-state index contributed by atoms with van der Waals surface area (Å²) in [5, 5.41) is 3.26. The van der Waals surface area contributed by atoms with Crippen LogP contribution in [0.4, 0.5) is 0 Å². The molecule has 4 nitrogen and oxygen atoms in total. The lowest BCUT2D eigenvalue weighted by Gasteiger charge is -2.38. The Balaban J connectivity index is 2.17. The van der Waals surface area contributed by atoms with E-state index in [1.807, 2.05) is 19.1 Å². The first-order valence-corrected chi connectivity index (χ1v) is 8.78. The zero-order chi connectivity index (χ0) is 14.6. The van der Waals surface area contributed by atoms with Crippen LogP contribution in [-0.2, 0) is 16.6 Å². The molecule has 0 spiro atoms. The maximum atomic E-state index is 12.6. The molecule has 1 aliphatic rings. The minimum absolute atomic E-state index is 0.261. The molecule has 0 bridgehead atoms. The molecule has 1 aliphatic carbocycles. The molecule has 5 heteroatoms. The lowest BCUT2D eigenvalue weighted by atomic mass is 9.80. The molecule has 0 unspecified atom stereocenters. The van der Waals surface area contributed by atoms with Gasteiger partial charge in [-0.3, -0.25) is 0 Å². The number of benzene rings is 1. The van der Waals surface area contributed by atoms with Crippen LogP contribution in [-0.4, -0.2) is 20.5 Å². The second-order valence-corrected chi connectivity index (χ2v) is 7.46. The Morgan fingerprint density at radius 3 is 2.55 bits per heavy atom. The van der Waals surface area contributed by atoms with E-state index in [2.05, 4.69) is 17.0 Å². The molecule has 0 heterocycles. The zero-order valence-corrected chi connectivity index (χ0v) is 13.1. The second-order valence-electron chi connectivity index (χ2n) is 5.80. The third-order valence-electron chi connectivity index (χ3n) is 3.84. The van der Waals surface area contributed by atoms with Crippen LogP contribution in [0.1, 0.15) is 45.1 Å². The Morgan fingerprint density at radius 2 is 1.95 bits per heavy atom. The molecule has 2 N–H and O–H groups in total. The predicted octanol–water partition coefficient (Wildman–Crippen LogP) is 2.41. The fourth-order valence-corrected chi connectivity index (χ4v) is 4.21. The molecule has 0 atom stereocenters. The molecule has 0 aliphatic heterocycles. The SMILES string of the molecule is CCCNCc1ccccc1S(=O)(=O)NC1(C)CCC1. The summed E-state index contributed by atoms with van der Waals surface area (Å²) in [6, 6.07) is 7.22. The number of rotatable bonds is 7. The summed E-state index contributed by atoms with van der Waals surface area (Å²) < 4.78 is 28.0. The van der Waals surface area contributed by atoms with E-state index < -0.39 is 10.0 Å². The molecule has 20 heavy (non-hydrogen) atoms. The standard InChI is InChI=1S/C15H24N2O2S/c1-3-11-16-12-13-7-4-5-8-14(13)20(18,19)17-15(2)9-6-10-15/h4-5,7-8,16-17H,3,6,9-12H2,1-2H3. The number of nitrogens with one attached hydrogen (secondary N) is 2. The van der Waals surface area contributed by atoms with Gasteiger partial charge >= 0.3 is 0 Å². The molecule has 0 radical (unpaired) electrons. The van der Waals surface area contributed by atoms with Gasteiger partial charge in [-0.25, -0.2) is 13.1 Å². The second kappa shape index (κ2) is 6.24. The molecule has 1 fully saturated rings. The summed E-state index contributed by atoms with van der Waals surface area (Å²) in [7, 11) is -3.44. The van der Waals surface area contributed by atoms with Crippen molar-refractivity contribution >= 4 is 10.0 Å². The zero-order valence-electron chi connectivity index (χ0n) is 12.3. The summed E-state index contributed by atoms with van der Waals surface area (Å²) in [5.74, 6) is 0. The Labute approximate surface area is 122 Å². The highest BCUT2D eigenvalue weighted by Crippen LogP contribution is 2.33. The largest absolute Gasteiger partial charge is 0.313 e. The lowest BCUT2D eigenvalue weighted by Crippen LogP contribution is -2.50. The smallest absolute Gasteiger partial charge is 0.241 e. The summed E-state index contributed by atoms with van der Waals surface area (Å²) in [6.07, 6.45) is 3.97. The van der Waals surface area contributed by atoms with Crippen LogP contribution in [0.5, 0.6) is 0 Å².